The summed E-state index contributed by atoms with van der Waals surface area (Å²) >= 11 is 0. The van der Waals surface area contributed by atoms with Crippen LogP contribution in [0.2, 0.25) is 0 Å². The summed E-state index contributed by atoms with van der Waals surface area (Å²) in [5.41, 5.74) is 0.866. The van der Waals surface area contributed by atoms with Crippen molar-refractivity contribution in [1.29, 1.82) is 0 Å². The summed E-state index contributed by atoms with van der Waals surface area (Å²) in [7, 11) is 1.65. The lowest BCUT2D eigenvalue weighted by atomic mass is 9.84. The number of hydrogen-bond donors (Lipinski definition) is 1. The minimum atomic E-state index is -0.295. The highest BCUT2D eigenvalue weighted by Gasteiger charge is 2.38. The zero-order valence-corrected chi connectivity index (χ0v) is 15.1. The highest BCUT2D eigenvalue weighted by Crippen LogP contribution is 2.30. The van der Waals surface area contributed by atoms with Gasteiger partial charge in [-0.05, 0) is 56.2 Å². The van der Waals surface area contributed by atoms with Gasteiger partial charge in [0.1, 0.15) is 5.75 Å². The number of nitrogens with one attached hydrogen (secondary N) is 1. The molecular formula is C20H28N2O3. The summed E-state index contributed by atoms with van der Waals surface area (Å²) in [5.74, 6) is 1.16. The van der Waals surface area contributed by atoms with E-state index in [0.29, 0.717) is 19.3 Å². The van der Waals surface area contributed by atoms with Crippen molar-refractivity contribution >= 4 is 11.8 Å². The second-order valence-corrected chi connectivity index (χ2v) is 7.29. The number of benzene rings is 1. The molecule has 0 aromatic heterocycles. The van der Waals surface area contributed by atoms with E-state index in [1.54, 1.807) is 7.11 Å². The Morgan fingerprint density at radius 1 is 1.20 bits per heavy atom. The second-order valence-electron chi connectivity index (χ2n) is 7.29. The van der Waals surface area contributed by atoms with Crippen LogP contribution in [-0.4, -0.2) is 42.5 Å². The molecule has 2 fully saturated rings. The van der Waals surface area contributed by atoms with Crippen LogP contribution in [-0.2, 0) is 16.0 Å². The van der Waals surface area contributed by atoms with E-state index in [-0.39, 0.29) is 17.4 Å². The number of carbonyl (C=O) groups is 2. The number of amides is 2. The van der Waals surface area contributed by atoms with Gasteiger partial charge in [-0.25, -0.2) is 0 Å². The number of likely N-dealkylation sites (tertiary alicyclic amines) is 1. The first-order valence-electron chi connectivity index (χ1n) is 9.32. The van der Waals surface area contributed by atoms with E-state index in [4.69, 9.17) is 4.74 Å². The summed E-state index contributed by atoms with van der Waals surface area (Å²) in [6.45, 7) is 1.77. The molecule has 0 saturated carbocycles. The number of ether oxygens (including phenoxy) is 1. The Labute approximate surface area is 149 Å². The first kappa shape index (κ1) is 17.8. The van der Waals surface area contributed by atoms with E-state index in [2.05, 4.69) is 5.32 Å². The normalized spacial score (nSPS) is 23.4. The summed E-state index contributed by atoms with van der Waals surface area (Å²) in [5, 5.41) is 3.16. The number of nitrogens with zero attached hydrogens (tertiary/aromatic N) is 1. The van der Waals surface area contributed by atoms with Gasteiger partial charge in [0.25, 0.3) is 0 Å². The Bertz CT molecular complexity index is 608. The number of rotatable bonds is 6. The quantitative estimate of drug-likeness (QED) is 0.863. The van der Waals surface area contributed by atoms with Crippen molar-refractivity contribution < 1.29 is 14.3 Å². The largest absolute Gasteiger partial charge is 0.497 e. The van der Waals surface area contributed by atoms with Gasteiger partial charge in [-0.2, -0.15) is 0 Å². The van der Waals surface area contributed by atoms with Crippen LogP contribution >= 0.6 is 0 Å². The molecule has 2 saturated heterocycles. The third-order valence-electron chi connectivity index (χ3n) is 5.46. The molecule has 2 amide bonds. The van der Waals surface area contributed by atoms with Crippen LogP contribution in [0.25, 0.3) is 0 Å². The Kier molecular flexibility index (Phi) is 5.61. The average molecular weight is 344 g/mol. The van der Waals surface area contributed by atoms with E-state index in [0.717, 1.165) is 50.1 Å². The number of carbonyl (C=O) groups excluding carboxylic acids is 2. The van der Waals surface area contributed by atoms with Crippen LogP contribution < -0.4 is 10.1 Å². The number of piperidine rings is 1. The molecule has 2 heterocycles. The fraction of sp³-hybridized carbons (Fsp3) is 0.600. The fourth-order valence-electron chi connectivity index (χ4n) is 3.96. The molecule has 3 rings (SSSR count). The molecule has 25 heavy (non-hydrogen) atoms. The van der Waals surface area contributed by atoms with Crippen LogP contribution in [0.3, 0.4) is 0 Å². The summed E-state index contributed by atoms with van der Waals surface area (Å²) < 4.78 is 5.21. The van der Waals surface area contributed by atoms with Gasteiger partial charge in [-0.3, -0.25) is 9.59 Å². The molecule has 1 aromatic carbocycles. The zero-order chi connectivity index (χ0) is 17.7. The molecule has 5 heteroatoms. The summed E-state index contributed by atoms with van der Waals surface area (Å²) in [6, 6.07) is 7.96. The van der Waals surface area contributed by atoms with E-state index >= 15 is 0 Å². The highest BCUT2D eigenvalue weighted by molar-refractivity contribution is 5.80. The molecule has 0 spiro atoms. The second kappa shape index (κ2) is 7.89. The van der Waals surface area contributed by atoms with Crippen molar-refractivity contribution in [2.24, 2.45) is 0 Å². The molecule has 2 aliphatic heterocycles. The molecule has 0 radical (unpaired) electrons. The Hall–Kier alpha value is -2.04. The molecule has 5 nitrogen and oxygen atoms in total. The third-order valence-corrected chi connectivity index (χ3v) is 5.46. The van der Waals surface area contributed by atoms with Crippen LogP contribution in [0.5, 0.6) is 5.75 Å². The van der Waals surface area contributed by atoms with Gasteiger partial charge in [0.15, 0.2) is 0 Å². The fourth-order valence-corrected chi connectivity index (χ4v) is 3.96. The predicted molar refractivity (Wildman–Crippen MR) is 96.5 cm³/mol. The first-order chi connectivity index (χ1) is 12.1. The molecule has 0 aliphatic carbocycles. The Balaban J connectivity index is 1.63. The van der Waals surface area contributed by atoms with Crippen LogP contribution in [0.4, 0.5) is 0 Å². The van der Waals surface area contributed by atoms with Gasteiger partial charge in [0.2, 0.25) is 11.8 Å². The van der Waals surface area contributed by atoms with Crippen LogP contribution in [0.1, 0.15) is 50.5 Å². The van der Waals surface area contributed by atoms with Crippen molar-refractivity contribution in [1.82, 2.24) is 10.2 Å². The lowest BCUT2D eigenvalue weighted by Crippen LogP contribution is -2.45. The van der Waals surface area contributed by atoms with Crippen LogP contribution in [0.15, 0.2) is 24.3 Å². The lowest BCUT2D eigenvalue weighted by Gasteiger charge is -2.32. The molecule has 136 valence electrons. The van der Waals surface area contributed by atoms with Gasteiger partial charge < -0.3 is 15.0 Å². The number of methoxy groups -OCH3 is 1. The maximum atomic E-state index is 12.5. The third kappa shape index (κ3) is 4.53. The van der Waals surface area contributed by atoms with Crippen molar-refractivity contribution in [3.05, 3.63) is 29.8 Å². The molecular weight excluding hydrogens is 316 g/mol. The topological polar surface area (TPSA) is 58.6 Å². The van der Waals surface area contributed by atoms with Crippen molar-refractivity contribution in [3.8, 4) is 5.75 Å². The first-order valence-corrected chi connectivity index (χ1v) is 9.32. The minimum absolute atomic E-state index is 0.0962. The van der Waals surface area contributed by atoms with E-state index in [9.17, 15) is 9.59 Å². The highest BCUT2D eigenvalue weighted by atomic mass is 16.5. The summed E-state index contributed by atoms with van der Waals surface area (Å²) in [4.78, 5) is 26.4. The Morgan fingerprint density at radius 2 is 1.92 bits per heavy atom. The van der Waals surface area contributed by atoms with Gasteiger partial charge >= 0.3 is 0 Å². The maximum absolute atomic E-state index is 12.5. The minimum Gasteiger partial charge on any atom is -0.497 e. The standard InChI is InChI=1S/C20H28N2O3/c1-25-17-7-5-16(6-8-17)15-20(11-9-18(23)21-20)12-10-19(24)22-13-3-2-4-14-22/h5-8H,2-4,9-15H2,1H3,(H,21,23). The molecule has 2 aliphatic rings. The lowest BCUT2D eigenvalue weighted by molar-refractivity contribution is -0.132. The van der Waals surface area contributed by atoms with Gasteiger partial charge in [0, 0.05) is 31.5 Å². The van der Waals surface area contributed by atoms with Gasteiger partial charge in [-0.1, -0.05) is 12.1 Å². The van der Waals surface area contributed by atoms with Crippen molar-refractivity contribution in [2.75, 3.05) is 20.2 Å². The Morgan fingerprint density at radius 3 is 2.52 bits per heavy atom. The monoisotopic (exact) mass is 344 g/mol. The summed E-state index contributed by atoms with van der Waals surface area (Å²) in [6.07, 6.45) is 6.77. The van der Waals surface area contributed by atoms with Gasteiger partial charge in [-0.15, -0.1) is 0 Å². The SMILES string of the molecule is COc1ccc(CC2(CCC(=O)N3CCCCC3)CCC(=O)N2)cc1. The van der Waals surface area contributed by atoms with Crippen LogP contribution in [0, 0.1) is 0 Å². The molecule has 1 aromatic rings. The molecule has 1 atom stereocenters. The van der Waals surface area contributed by atoms with Crippen molar-refractivity contribution in [2.45, 2.75) is 56.9 Å². The van der Waals surface area contributed by atoms with E-state index in [1.165, 1.54) is 6.42 Å². The van der Waals surface area contributed by atoms with E-state index < -0.39 is 0 Å². The molecule has 1 N–H and O–H groups in total. The zero-order valence-electron chi connectivity index (χ0n) is 15.1. The smallest absolute Gasteiger partial charge is 0.222 e. The average Bonchev–Trinajstić information content (AvgIpc) is 3.02. The molecule has 0 bridgehead atoms. The van der Waals surface area contributed by atoms with E-state index in [1.807, 2.05) is 29.2 Å². The number of hydrogen-bond acceptors (Lipinski definition) is 3. The van der Waals surface area contributed by atoms with Crippen molar-refractivity contribution in [3.63, 3.8) is 0 Å². The predicted octanol–water partition coefficient (Wildman–Crippen LogP) is 2.68. The molecule has 1 unspecified atom stereocenters. The maximum Gasteiger partial charge on any atom is 0.222 e. The van der Waals surface area contributed by atoms with Gasteiger partial charge in [0.05, 0.1) is 7.11 Å².